The molecular weight excluding hydrogens is 258 g/mol. The second-order valence-electron chi connectivity index (χ2n) is 5.90. The van der Waals surface area contributed by atoms with Gasteiger partial charge in [-0.05, 0) is 36.5 Å². The van der Waals surface area contributed by atoms with Crippen molar-refractivity contribution in [3.8, 4) is 11.3 Å². The maximum atomic E-state index is 4.68. The van der Waals surface area contributed by atoms with Gasteiger partial charge in [0.1, 0.15) is 0 Å². The molecule has 0 fully saturated rings. The van der Waals surface area contributed by atoms with Crippen LogP contribution in [0.1, 0.15) is 22.4 Å². The maximum Gasteiger partial charge on any atom is 0.0975 e. The van der Waals surface area contributed by atoms with E-state index in [4.69, 9.17) is 0 Å². The van der Waals surface area contributed by atoms with Crippen molar-refractivity contribution in [1.29, 1.82) is 0 Å². The van der Waals surface area contributed by atoms with Gasteiger partial charge in [0.05, 0.1) is 5.69 Å². The molecule has 0 atom stereocenters. The standard InChI is InChI=1S/C18H19N3/c1-13-17-15(8-9-16-11-20(2)19-18(16)17)12-21(13)10-14-6-4-3-5-7-14/h3-7,11-12H,8-10H2,1-2H3. The van der Waals surface area contributed by atoms with Gasteiger partial charge >= 0.3 is 0 Å². The van der Waals surface area contributed by atoms with Crippen LogP contribution in [0.25, 0.3) is 11.3 Å². The fourth-order valence-electron chi connectivity index (χ4n) is 3.38. The smallest absolute Gasteiger partial charge is 0.0975 e. The first-order valence-electron chi connectivity index (χ1n) is 7.48. The molecule has 0 N–H and O–H groups in total. The molecule has 2 heterocycles. The third-order valence-electron chi connectivity index (χ3n) is 4.43. The Morgan fingerprint density at radius 1 is 1.05 bits per heavy atom. The van der Waals surface area contributed by atoms with E-state index < -0.39 is 0 Å². The molecule has 0 amide bonds. The molecule has 0 saturated carbocycles. The summed E-state index contributed by atoms with van der Waals surface area (Å²) in [5.74, 6) is 0. The van der Waals surface area contributed by atoms with Crippen LogP contribution in [0.15, 0.2) is 42.7 Å². The lowest BCUT2D eigenvalue weighted by atomic mass is 9.92. The normalized spacial score (nSPS) is 13.0. The van der Waals surface area contributed by atoms with E-state index in [2.05, 4.69) is 59.3 Å². The first kappa shape index (κ1) is 12.5. The molecule has 0 saturated heterocycles. The number of benzene rings is 1. The molecule has 1 aliphatic carbocycles. The molecule has 3 nitrogen and oxygen atoms in total. The molecule has 21 heavy (non-hydrogen) atoms. The molecular formula is C18H19N3. The van der Waals surface area contributed by atoms with Gasteiger partial charge in [0.25, 0.3) is 0 Å². The molecule has 2 aromatic heterocycles. The van der Waals surface area contributed by atoms with E-state index in [1.165, 1.54) is 33.6 Å². The largest absolute Gasteiger partial charge is 0.346 e. The van der Waals surface area contributed by atoms with Gasteiger partial charge in [-0.1, -0.05) is 30.3 Å². The Balaban J connectivity index is 1.78. The Kier molecular flexibility index (Phi) is 2.74. The monoisotopic (exact) mass is 277 g/mol. The minimum atomic E-state index is 0.932. The summed E-state index contributed by atoms with van der Waals surface area (Å²) in [4.78, 5) is 0. The summed E-state index contributed by atoms with van der Waals surface area (Å²) in [5, 5.41) is 4.68. The van der Waals surface area contributed by atoms with Crippen LogP contribution in [0.2, 0.25) is 0 Å². The number of hydrogen-bond acceptors (Lipinski definition) is 1. The fourth-order valence-corrected chi connectivity index (χ4v) is 3.38. The summed E-state index contributed by atoms with van der Waals surface area (Å²) in [6.07, 6.45) is 6.70. The van der Waals surface area contributed by atoms with Gasteiger partial charge in [-0.15, -0.1) is 0 Å². The Hall–Kier alpha value is -2.29. The second kappa shape index (κ2) is 4.62. The van der Waals surface area contributed by atoms with Crippen LogP contribution >= 0.6 is 0 Å². The molecule has 4 rings (SSSR count). The van der Waals surface area contributed by atoms with E-state index in [9.17, 15) is 0 Å². The lowest BCUT2D eigenvalue weighted by Gasteiger charge is -2.11. The van der Waals surface area contributed by atoms with Crippen LogP contribution in [0.5, 0.6) is 0 Å². The van der Waals surface area contributed by atoms with Crippen LogP contribution in [-0.2, 0) is 26.4 Å². The van der Waals surface area contributed by atoms with Crippen molar-refractivity contribution in [2.75, 3.05) is 0 Å². The lowest BCUT2D eigenvalue weighted by molar-refractivity contribution is 0.764. The number of hydrogen-bond donors (Lipinski definition) is 0. The van der Waals surface area contributed by atoms with Gasteiger partial charge in [0.2, 0.25) is 0 Å². The second-order valence-corrected chi connectivity index (χ2v) is 5.90. The van der Waals surface area contributed by atoms with Crippen molar-refractivity contribution >= 4 is 0 Å². The average molecular weight is 277 g/mol. The molecule has 3 heteroatoms. The van der Waals surface area contributed by atoms with E-state index in [1.807, 2.05) is 11.7 Å². The van der Waals surface area contributed by atoms with E-state index in [0.717, 1.165) is 19.4 Å². The summed E-state index contributed by atoms with van der Waals surface area (Å²) < 4.78 is 4.30. The van der Waals surface area contributed by atoms with Crippen LogP contribution in [0, 0.1) is 6.92 Å². The SMILES string of the molecule is Cc1c2c(cn1Cc1ccccc1)CCc1cn(C)nc1-2. The van der Waals surface area contributed by atoms with Crippen molar-refractivity contribution in [2.24, 2.45) is 7.05 Å². The number of fused-ring (bicyclic) bond motifs is 3. The number of nitrogens with zero attached hydrogens (tertiary/aromatic N) is 3. The first-order valence-corrected chi connectivity index (χ1v) is 7.48. The summed E-state index contributed by atoms with van der Waals surface area (Å²) in [7, 11) is 2.01. The number of aromatic nitrogens is 3. The average Bonchev–Trinajstić information content (AvgIpc) is 3.00. The van der Waals surface area contributed by atoms with Gasteiger partial charge in [-0.25, -0.2) is 0 Å². The van der Waals surface area contributed by atoms with Crippen molar-refractivity contribution in [3.05, 3.63) is 65.1 Å². The minimum Gasteiger partial charge on any atom is -0.346 e. The maximum absolute atomic E-state index is 4.68. The summed E-state index contributed by atoms with van der Waals surface area (Å²) >= 11 is 0. The lowest BCUT2D eigenvalue weighted by Crippen LogP contribution is -2.01. The van der Waals surface area contributed by atoms with Gasteiger partial charge in [0, 0.05) is 37.2 Å². The highest BCUT2D eigenvalue weighted by Crippen LogP contribution is 2.36. The quantitative estimate of drug-likeness (QED) is 0.704. The zero-order valence-corrected chi connectivity index (χ0v) is 12.5. The summed E-state index contributed by atoms with van der Waals surface area (Å²) in [6.45, 7) is 3.15. The fraction of sp³-hybridized carbons (Fsp3) is 0.278. The highest BCUT2D eigenvalue weighted by Gasteiger charge is 2.24. The Labute approximate surface area is 124 Å². The van der Waals surface area contributed by atoms with Crippen LogP contribution in [0.3, 0.4) is 0 Å². The third kappa shape index (κ3) is 2.00. The van der Waals surface area contributed by atoms with Crippen LogP contribution in [0.4, 0.5) is 0 Å². The van der Waals surface area contributed by atoms with E-state index in [0.29, 0.717) is 0 Å². The van der Waals surface area contributed by atoms with Crippen LogP contribution in [-0.4, -0.2) is 14.3 Å². The molecule has 0 unspecified atom stereocenters. The molecule has 0 spiro atoms. The zero-order chi connectivity index (χ0) is 14.4. The molecule has 1 aromatic carbocycles. The first-order chi connectivity index (χ1) is 10.2. The zero-order valence-electron chi connectivity index (χ0n) is 12.5. The molecule has 0 aliphatic heterocycles. The highest BCUT2D eigenvalue weighted by atomic mass is 15.3. The van der Waals surface area contributed by atoms with Crippen molar-refractivity contribution < 1.29 is 0 Å². The van der Waals surface area contributed by atoms with Crippen molar-refractivity contribution in [1.82, 2.24) is 14.3 Å². The Morgan fingerprint density at radius 2 is 1.81 bits per heavy atom. The number of rotatable bonds is 2. The Morgan fingerprint density at radius 3 is 2.62 bits per heavy atom. The van der Waals surface area contributed by atoms with E-state index in [1.54, 1.807) is 0 Å². The van der Waals surface area contributed by atoms with Gasteiger partial charge in [-0.2, -0.15) is 5.10 Å². The predicted octanol–water partition coefficient (Wildman–Crippen LogP) is 3.34. The molecule has 106 valence electrons. The molecule has 0 bridgehead atoms. The van der Waals surface area contributed by atoms with Gasteiger partial charge in [-0.3, -0.25) is 4.68 Å². The topological polar surface area (TPSA) is 22.8 Å². The van der Waals surface area contributed by atoms with Crippen molar-refractivity contribution in [2.45, 2.75) is 26.3 Å². The number of aryl methyl sites for hydroxylation is 3. The molecule has 3 aromatic rings. The third-order valence-corrected chi connectivity index (χ3v) is 4.43. The van der Waals surface area contributed by atoms with Crippen molar-refractivity contribution in [3.63, 3.8) is 0 Å². The minimum absolute atomic E-state index is 0.932. The summed E-state index contributed by atoms with van der Waals surface area (Å²) in [5.41, 5.74) is 8.03. The predicted molar refractivity (Wildman–Crippen MR) is 84.3 cm³/mol. The van der Waals surface area contributed by atoms with Gasteiger partial charge in [0.15, 0.2) is 0 Å². The van der Waals surface area contributed by atoms with E-state index >= 15 is 0 Å². The Bertz CT molecular complexity index is 793. The van der Waals surface area contributed by atoms with Crippen LogP contribution < -0.4 is 0 Å². The highest BCUT2D eigenvalue weighted by molar-refractivity contribution is 5.72. The molecule has 0 radical (unpaired) electrons. The van der Waals surface area contributed by atoms with Gasteiger partial charge < -0.3 is 4.57 Å². The molecule has 1 aliphatic rings. The summed E-state index contributed by atoms with van der Waals surface area (Å²) in [6, 6.07) is 10.6. The van der Waals surface area contributed by atoms with E-state index in [-0.39, 0.29) is 0 Å².